The molecule has 60 heavy (non-hydrogen) atoms. The van der Waals surface area contributed by atoms with E-state index in [1.165, 1.54) is 103 Å². The molecule has 9 nitrogen and oxygen atoms in total. The van der Waals surface area contributed by atoms with Gasteiger partial charge in [-0.3, -0.25) is 18.6 Å². The fourth-order valence-corrected chi connectivity index (χ4v) is 7.09. The fraction of sp³-hybridized carbons (Fsp3) is 0.760. The molecule has 0 aromatic heterocycles. The number of hydrogen-bond acceptors (Lipinski definition) is 7. The molecule has 0 amide bonds. The topological polar surface area (TPSA) is 108 Å². The molecule has 0 heterocycles. The largest absolute Gasteiger partial charge is 0.472 e. The highest BCUT2D eigenvalue weighted by Crippen LogP contribution is 2.43. The number of unbranched alkanes of at least 4 members (excludes halogenated alkanes) is 19. The molecule has 1 unspecified atom stereocenters. The lowest BCUT2D eigenvalue weighted by molar-refractivity contribution is -0.870. The van der Waals surface area contributed by atoms with E-state index >= 15 is 0 Å². The van der Waals surface area contributed by atoms with Crippen LogP contribution < -0.4 is 0 Å². The van der Waals surface area contributed by atoms with E-state index in [0.29, 0.717) is 23.9 Å². The third-order valence-electron chi connectivity index (χ3n) is 10.1. The fourth-order valence-electron chi connectivity index (χ4n) is 6.34. The van der Waals surface area contributed by atoms with E-state index in [1.54, 1.807) is 0 Å². The SMILES string of the molecule is CC/C=C/C/C=C/C/C=C/C/C=C/C/C=C/CCCC(=O)OC[C@H](COP(=O)(O)OCC[N+](C)(C)C)OC(=O)CCCCCCCCCCCCCCCCCCCCC. The van der Waals surface area contributed by atoms with Gasteiger partial charge in [0.2, 0.25) is 0 Å². The first kappa shape index (κ1) is 57.7. The molecule has 2 atom stereocenters. The number of carbonyl (C=O) groups is 2. The molecule has 0 aliphatic heterocycles. The molecular formula is C50H91NO8P+. The molecule has 0 spiro atoms. The molecule has 0 aromatic rings. The molecule has 0 aromatic carbocycles. The average molecular weight is 865 g/mol. The van der Waals surface area contributed by atoms with E-state index in [4.69, 9.17) is 18.5 Å². The van der Waals surface area contributed by atoms with Gasteiger partial charge in [-0.2, -0.15) is 0 Å². The quantitative estimate of drug-likeness (QED) is 0.0212. The molecule has 0 saturated carbocycles. The van der Waals surface area contributed by atoms with E-state index in [0.717, 1.165) is 51.4 Å². The monoisotopic (exact) mass is 865 g/mol. The lowest BCUT2D eigenvalue weighted by Gasteiger charge is -2.24. The van der Waals surface area contributed by atoms with Crippen LogP contribution >= 0.6 is 7.82 Å². The van der Waals surface area contributed by atoms with Crippen LogP contribution in [0, 0.1) is 0 Å². The number of nitrogens with zero attached hydrogens (tertiary/aromatic N) is 1. The summed E-state index contributed by atoms with van der Waals surface area (Å²) in [7, 11) is 1.44. The van der Waals surface area contributed by atoms with Gasteiger partial charge in [0.25, 0.3) is 0 Å². The van der Waals surface area contributed by atoms with Crippen LogP contribution in [0.2, 0.25) is 0 Å². The number of carbonyl (C=O) groups excluding carboxylic acids is 2. The number of quaternary nitrogens is 1. The van der Waals surface area contributed by atoms with Crippen molar-refractivity contribution in [1.82, 2.24) is 0 Å². The zero-order valence-electron chi connectivity index (χ0n) is 39.2. The number of phosphoric ester groups is 1. The molecule has 0 rings (SSSR count). The molecule has 0 radical (unpaired) electrons. The van der Waals surface area contributed by atoms with Crippen molar-refractivity contribution in [3.8, 4) is 0 Å². The maximum Gasteiger partial charge on any atom is 0.472 e. The molecule has 0 fully saturated rings. The van der Waals surface area contributed by atoms with Gasteiger partial charge in [0, 0.05) is 12.8 Å². The first-order valence-electron chi connectivity index (χ1n) is 24.0. The van der Waals surface area contributed by atoms with Crippen molar-refractivity contribution in [3.63, 3.8) is 0 Å². The predicted octanol–water partition coefficient (Wildman–Crippen LogP) is 14.0. The van der Waals surface area contributed by atoms with Crippen LogP contribution in [0.15, 0.2) is 60.8 Å². The van der Waals surface area contributed by atoms with Gasteiger partial charge in [-0.05, 0) is 51.4 Å². The van der Waals surface area contributed by atoms with Crippen molar-refractivity contribution in [1.29, 1.82) is 0 Å². The lowest BCUT2D eigenvalue weighted by atomic mass is 10.0. The smallest absolute Gasteiger partial charge is 0.462 e. The van der Waals surface area contributed by atoms with Crippen molar-refractivity contribution in [2.75, 3.05) is 47.5 Å². The Morgan fingerprint density at radius 1 is 0.533 bits per heavy atom. The maximum atomic E-state index is 12.7. The average Bonchev–Trinajstić information content (AvgIpc) is 3.20. The number of allylic oxidation sites excluding steroid dienone is 10. The number of hydrogen-bond donors (Lipinski definition) is 1. The van der Waals surface area contributed by atoms with E-state index in [9.17, 15) is 19.0 Å². The van der Waals surface area contributed by atoms with Crippen molar-refractivity contribution in [3.05, 3.63) is 60.8 Å². The Morgan fingerprint density at radius 2 is 0.950 bits per heavy atom. The molecule has 1 N–H and O–H groups in total. The van der Waals surface area contributed by atoms with Crippen LogP contribution in [-0.4, -0.2) is 74.9 Å². The molecule has 348 valence electrons. The lowest BCUT2D eigenvalue weighted by Crippen LogP contribution is -2.37. The number of esters is 2. The Kier molecular flexibility index (Phi) is 40.4. The van der Waals surface area contributed by atoms with E-state index in [-0.39, 0.29) is 26.1 Å². The third kappa shape index (κ3) is 45.2. The zero-order valence-corrected chi connectivity index (χ0v) is 40.1. The summed E-state index contributed by atoms with van der Waals surface area (Å²) in [6.45, 7) is 4.26. The predicted molar refractivity (Wildman–Crippen MR) is 252 cm³/mol. The second kappa shape index (κ2) is 42.0. The van der Waals surface area contributed by atoms with Crippen LogP contribution in [0.3, 0.4) is 0 Å². The highest BCUT2D eigenvalue weighted by Gasteiger charge is 2.27. The van der Waals surface area contributed by atoms with Gasteiger partial charge in [-0.1, -0.05) is 190 Å². The Labute approximate surface area is 368 Å². The number of ether oxygens (including phenoxy) is 2. The number of phosphoric acid groups is 1. The van der Waals surface area contributed by atoms with Crippen LogP contribution in [0.4, 0.5) is 0 Å². The molecule has 0 aliphatic carbocycles. The van der Waals surface area contributed by atoms with Crippen molar-refractivity contribution < 1.29 is 42.1 Å². The van der Waals surface area contributed by atoms with Crippen LogP contribution in [-0.2, 0) is 32.7 Å². The van der Waals surface area contributed by atoms with Gasteiger partial charge in [0.1, 0.15) is 19.8 Å². The van der Waals surface area contributed by atoms with Gasteiger partial charge in [0.05, 0.1) is 27.7 Å². The van der Waals surface area contributed by atoms with Crippen LogP contribution in [0.1, 0.15) is 194 Å². The van der Waals surface area contributed by atoms with E-state index in [1.807, 2.05) is 21.1 Å². The Morgan fingerprint density at radius 3 is 1.40 bits per heavy atom. The van der Waals surface area contributed by atoms with Crippen LogP contribution in [0.5, 0.6) is 0 Å². The summed E-state index contributed by atoms with van der Waals surface area (Å²) in [6.07, 6.45) is 51.4. The van der Waals surface area contributed by atoms with Gasteiger partial charge in [0.15, 0.2) is 6.10 Å². The second-order valence-corrected chi connectivity index (χ2v) is 18.6. The minimum Gasteiger partial charge on any atom is -0.462 e. The molecule has 0 aliphatic rings. The molecular weight excluding hydrogens is 774 g/mol. The summed E-state index contributed by atoms with van der Waals surface area (Å²) in [4.78, 5) is 35.4. The second-order valence-electron chi connectivity index (χ2n) is 17.1. The maximum absolute atomic E-state index is 12.7. The standard InChI is InChI=1S/C50H90NO8P/c1-6-8-10-12-14-16-18-20-22-24-25-27-29-31-33-35-37-39-41-43-50(53)59-48(47-58-60(54,55)57-45-44-51(3,4)5)46-56-49(52)42-40-38-36-34-32-30-28-26-23-21-19-17-15-13-11-9-7-2/h9,11,15,17,21,23,28,30,34,36,48H,6-8,10,12-14,16,18-20,22,24-27,29,31-33,35,37-47H2,1-5H3/p+1/b11-9+,17-15+,23-21+,30-28+,36-34+/t48-/m1/s1. The summed E-state index contributed by atoms with van der Waals surface area (Å²) in [5.41, 5.74) is 0. The number of likely N-dealkylation sites (N-methyl/N-ethyl adjacent to an activating group) is 1. The zero-order chi connectivity index (χ0) is 44.3. The summed E-state index contributed by atoms with van der Waals surface area (Å²) in [5.74, 6) is -0.864. The Bertz CT molecular complexity index is 1210. The summed E-state index contributed by atoms with van der Waals surface area (Å²) < 4.78 is 34.3. The van der Waals surface area contributed by atoms with Gasteiger partial charge in [-0.25, -0.2) is 4.57 Å². The molecule has 0 saturated heterocycles. The van der Waals surface area contributed by atoms with E-state index < -0.39 is 32.5 Å². The minimum atomic E-state index is -4.39. The van der Waals surface area contributed by atoms with Gasteiger partial charge >= 0.3 is 19.8 Å². The van der Waals surface area contributed by atoms with Crippen molar-refractivity contribution in [2.45, 2.75) is 200 Å². The van der Waals surface area contributed by atoms with Crippen LogP contribution in [0.25, 0.3) is 0 Å². The number of rotatable bonds is 43. The third-order valence-corrected chi connectivity index (χ3v) is 11.0. The summed E-state index contributed by atoms with van der Waals surface area (Å²) in [5, 5.41) is 0. The highest BCUT2D eigenvalue weighted by atomic mass is 31.2. The van der Waals surface area contributed by atoms with Crippen molar-refractivity contribution >= 4 is 19.8 Å². The molecule has 10 heteroatoms. The first-order chi connectivity index (χ1) is 29.0. The normalized spacial score (nSPS) is 14.0. The highest BCUT2D eigenvalue weighted by molar-refractivity contribution is 7.47. The van der Waals surface area contributed by atoms with Crippen molar-refractivity contribution in [2.24, 2.45) is 0 Å². The van der Waals surface area contributed by atoms with E-state index in [2.05, 4.69) is 74.6 Å². The van der Waals surface area contributed by atoms with Gasteiger partial charge < -0.3 is 18.9 Å². The minimum absolute atomic E-state index is 0.0218. The first-order valence-corrected chi connectivity index (χ1v) is 25.5. The van der Waals surface area contributed by atoms with Gasteiger partial charge in [-0.15, -0.1) is 0 Å². The Hall–Kier alpha value is -2.29. The Balaban J connectivity index is 4.37. The summed E-state index contributed by atoms with van der Waals surface area (Å²) >= 11 is 0. The molecule has 0 bridgehead atoms. The summed E-state index contributed by atoms with van der Waals surface area (Å²) in [6, 6.07) is 0.